The fraction of sp³-hybridized carbons (Fsp3) is 0.357. The molecule has 2 aliphatic rings. The summed E-state index contributed by atoms with van der Waals surface area (Å²) in [6.07, 6.45) is 11.4. The molecule has 6 rings (SSSR count). The first-order valence-corrected chi connectivity index (χ1v) is 12.7. The number of aryl methyl sites for hydroxylation is 1. The van der Waals surface area contributed by atoms with Crippen LogP contribution in [0, 0.1) is 0 Å². The highest BCUT2D eigenvalue weighted by Crippen LogP contribution is 2.30. The van der Waals surface area contributed by atoms with Gasteiger partial charge in [-0.3, -0.25) is 9.59 Å². The molecule has 1 N–H and O–H groups in total. The maximum Gasteiger partial charge on any atom is 0.292 e. The van der Waals surface area contributed by atoms with Crippen LogP contribution in [0.15, 0.2) is 59.5 Å². The SMILES string of the molecule is O=C(NCc1ccn2ccnc2c1)c1ccc(C2CCN(C(=O)c3onc4c3CCCC4)CC2)cc1. The number of hydrogen-bond acceptors (Lipinski definition) is 5. The first kappa shape index (κ1) is 22.5. The molecule has 4 aromatic rings. The van der Waals surface area contributed by atoms with Crippen LogP contribution in [0.2, 0.25) is 0 Å². The molecular formula is C28H29N5O3. The molecular weight excluding hydrogens is 454 g/mol. The van der Waals surface area contributed by atoms with Gasteiger partial charge < -0.3 is 19.1 Å². The molecule has 0 saturated carbocycles. The zero-order chi connectivity index (χ0) is 24.5. The Morgan fingerprint density at radius 2 is 1.83 bits per heavy atom. The third-order valence-electron chi connectivity index (χ3n) is 7.50. The minimum absolute atomic E-state index is 0.0250. The highest BCUT2D eigenvalue weighted by Gasteiger charge is 2.30. The zero-order valence-corrected chi connectivity index (χ0v) is 20.2. The van der Waals surface area contributed by atoms with Crippen molar-refractivity contribution in [3.8, 4) is 0 Å². The van der Waals surface area contributed by atoms with Crippen molar-refractivity contribution in [2.45, 2.75) is 51.0 Å². The third-order valence-corrected chi connectivity index (χ3v) is 7.50. The van der Waals surface area contributed by atoms with Crippen LogP contribution in [0.4, 0.5) is 0 Å². The van der Waals surface area contributed by atoms with Crippen LogP contribution in [0.3, 0.4) is 0 Å². The van der Waals surface area contributed by atoms with Gasteiger partial charge in [-0.05, 0) is 79.8 Å². The maximum atomic E-state index is 13.1. The van der Waals surface area contributed by atoms with E-state index in [9.17, 15) is 9.59 Å². The number of benzene rings is 1. The van der Waals surface area contributed by atoms with Crippen molar-refractivity contribution in [3.05, 3.63) is 88.7 Å². The van der Waals surface area contributed by atoms with Gasteiger partial charge in [-0.1, -0.05) is 17.3 Å². The Bertz CT molecular complexity index is 1400. The van der Waals surface area contributed by atoms with Gasteiger partial charge in [-0.2, -0.15) is 0 Å². The summed E-state index contributed by atoms with van der Waals surface area (Å²) in [6, 6.07) is 11.8. The van der Waals surface area contributed by atoms with Crippen LogP contribution in [-0.4, -0.2) is 44.3 Å². The lowest BCUT2D eigenvalue weighted by Gasteiger charge is -2.32. The van der Waals surface area contributed by atoms with Crippen molar-refractivity contribution in [2.24, 2.45) is 0 Å². The Morgan fingerprint density at radius 3 is 2.67 bits per heavy atom. The van der Waals surface area contributed by atoms with Crippen LogP contribution in [0.25, 0.3) is 5.65 Å². The first-order valence-electron chi connectivity index (χ1n) is 12.7. The van der Waals surface area contributed by atoms with Crippen LogP contribution in [0.5, 0.6) is 0 Å². The Morgan fingerprint density at radius 1 is 1.03 bits per heavy atom. The van der Waals surface area contributed by atoms with Crippen LogP contribution in [0.1, 0.15) is 74.9 Å². The van der Waals surface area contributed by atoms with E-state index in [4.69, 9.17) is 4.52 Å². The van der Waals surface area contributed by atoms with Gasteiger partial charge in [0.2, 0.25) is 5.76 Å². The van der Waals surface area contributed by atoms with E-state index in [1.165, 1.54) is 5.56 Å². The van der Waals surface area contributed by atoms with Gasteiger partial charge in [-0.25, -0.2) is 4.98 Å². The van der Waals surface area contributed by atoms with Crippen molar-refractivity contribution in [3.63, 3.8) is 0 Å². The second kappa shape index (κ2) is 9.60. The summed E-state index contributed by atoms with van der Waals surface area (Å²) in [6.45, 7) is 1.84. The van der Waals surface area contributed by atoms with Crippen LogP contribution < -0.4 is 5.32 Å². The van der Waals surface area contributed by atoms with E-state index >= 15 is 0 Å². The topological polar surface area (TPSA) is 92.7 Å². The predicted octanol–water partition coefficient (Wildman–Crippen LogP) is 4.15. The number of pyridine rings is 1. The number of piperidine rings is 1. The molecule has 1 fully saturated rings. The highest BCUT2D eigenvalue weighted by molar-refractivity contribution is 5.94. The molecule has 1 saturated heterocycles. The van der Waals surface area contributed by atoms with Gasteiger partial charge >= 0.3 is 0 Å². The van der Waals surface area contributed by atoms with Crippen molar-refractivity contribution >= 4 is 17.5 Å². The predicted molar refractivity (Wildman–Crippen MR) is 134 cm³/mol. The van der Waals surface area contributed by atoms with E-state index in [0.29, 0.717) is 36.9 Å². The maximum absolute atomic E-state index is 13.1. The van der Waals surface area contributed by atoms with Gasteiger partial charge in [0.1, 0.15) is 5.65 Å². The van der Waals surface area contributed by atoms with E-state index in [2.05, 4.69) is 15.5 Å². The molecule has 2 amide bonds. The molecule has 184 valence electrons. The number of rotatable bonds is 5. The summed E-state index contributed by atoms with van der Waals surface area (Å²) in [4.78, 5) is 31.9. The Kier molecular flexibility index (Phi) is 6.01. The van der Waals surface area contributed by atoms with E-state index in [0.717, 1.165) is 61.0 Å². The molecule has 3 aromatic heterocycles. The molecule has 1 aliphatic heterocycles. The number of fused-ring (bicyclic) bond motifs is 2. The molecule has 0 atom stereocenters. The fourth-order valence-corrected chi connectivity index (χ4v) is 5.37. The summed E-state index contributed by atoms with van der Waals surface area (Å²) < 4.78 is 7.40. The Balaban J connectivity index is 1.03. The molecule has 0 radical (unpaired) electrons. The van der Waals surface area contributed by atoms with Crippen molar-refractivity contribution in [1.82, 2.24) is 24.8 Å². The number of imidazole rings is 1. The van der Waals surface area contributed by atoms with Gasteiger partial charge in [0.05, 0.1) is 5.69 Å². The zero-order valence-electron chi connectivity index (χ0n) is 20.2. The lowest BCUT2D eigenvalue weighted by molar-refractivity contribution is 0.0669. The summed E-state index contributed by atoms with van der Waals surface area (Å²) in [5.74, 6) is 0.697. The standard InChI is InChI=1S/C28H29N5O3/c34-27(30-18-19-9-13-32-16-12-29-25(32)17-19)22-7-5-20(6-8-22)21-10-14-33(15-11-21)28(35)26-23-3-1-2-4-24(23)31-36-26/h5-9,12-13,16-17,21H,1-4,10-11,14-15,18H2,(H,30,34). The monoisotopic (exact) mass is 483 g/mol. The average Bonchev–Trinajstić information content (AvgIpc) is 3.58. The molecule has 1 aromatic carbocycles. The number of aromatic nitrogens is 3. The minimum atomic E-state index is -0.0967. The highest BCUT2D eigenvalue weighted by atomic mass is 16.5. The summed E-state index contributed by atoms with van der Waals surface area (Å²) in [7, 11) is 0. The molecule has 8 heteroatoms. The Labute approximate surface area is 209 Å². The summed E-state index contributed by atoms with van der Waals surface area (Å²) in [5, 5.41) is 7.13. The molecule has 4 heterocycles. The summed E-state index contributed by atoms with van der Waals surface area (Å²) >= 11 is 0. The van der Waals surface area contributed by atoms with Gasteiger partial charge in [0.15, 0.2) is 0 Å². The minimum Gasteiger partial charge on any atom is -0.350 e. The van der Waals surface area contributed by atoms with Crippen LogP contribution >= 0.6 is 0 Å². The number of nitrogens with one attached hydrogen (secondary N) is 1. The second-order valence-electron chi connectivity index (χ2n) is 9.74. The number of carbonyl (C=O) groups is 2. The van der Waals surface area contributed by atoms with Gasteiger partial charge in [-0.15, -0.1) is 0 Å². The second-order valence-corrected chi connectivity index (χ2v) is 9.74. The molecule has 0 spiro atoms. The third kappa shape index (κ3) is 4.39. The van der Waals surface area contributed by atoms with Crippen molar-refractivity contribution in [2.75, 3.05) is 13.1 Å². The van der Waals surface area contributed by atoms with E-state index in [1.807, 2.05) is 58.1 Å². The number of amides is 2. The average molecular weight is 484 g/mol. The number of hydrogen-bond donors (Lipinski definition) is 1. The summed E-state index contributed by atoms with van der Waals surface area (Å²) in [5.41, 5.74) is 5.70. The normalized spacial score (nSPS) is 16.2. The van der Waals surface area contributed by atoms with Crippen molar-refractivity contribution < 1.29 is 14.1 Å². The lowest BCUT2D eigenvalue weighted by Crippen LogP contribution is -2.38. The number of carbonyl (C=O) groups excluding carboxylic acids is 2. The molecule has 36 heavy (non-hydrogen) atoms. The molecule has 0 unspecified atom stereocenters. The first-order chi connectivity index (χ1) is 17.7. The fourth-order valence-electron chi connectivity index (χ4n) is 5.37. The molecule has 1 aliphatic carbocycles. The number of likely N-dealkylation sites (tertiary alicyclic amines) is 1. The molecule has 0 bridgehead atoms. The van der Waals surface area contributed by atoms with Gasteiger partial charge in [0.25, 0.3) is 11.8 Å². The van der Waals surface area contributed by atoms with E-state index in [1.54, 1.807) is 6.20 Å². The van der Waals surface area contributed by atoms with Crippen molar-refractivity contribution in [1.29, 1.82) is 0 Å². The number of nitrogens with zero attached hydrogens (tertiary/aromatic N) is 4. The van der Waals surface area contributed by atoms with E-state index < -0.39 is 0 Å². The van der Waals surface area contributed by atoms with E-state index in [-0.39, 0.29) is 11.8 Å². The quantitative estimate of drug-likeness (QED) is 0.460. The van der Waals surface area contributed by atoms with Gasteiger partial charge in [0, 0.05) is 49.4 Å². The van der Waals surface area contributed by atoms with Crippen LogP contribution in [-0.2, 0) is 19.4 Å². The Hall–Kier alpha value is -3.94. The smallest absolute Gasteiger partial charge is 0.292 e. The molecule has 8 nitrogen and oxygen atoms in total. The largest absolute Gasteiger partial charge is 0.350 e. The lowest BCUT2D eigenvalue weighted by atomic mass is 9.88.